The van der Waals surface area contributed by atoms with Gasteiger partial charge in [0.05, 0.1) is 12.0 Å². The number of imidazole rings is 1. The van der Waals surface area contributed by atoms with Gasteiger partial charge in [0.1, 0.15) is 0 Å². The summed E-state index contributed by atoms with van der Waals surface area (Å²) in [5.74, 6) is 2.62. The van der Waals surface area contributed by atoms with Crippen LogP contribution >= 0.6 is 11.8 Å². The van der Waals surface area contributed by atoms with Crippen molar-refractivity contribution in [2.75, 3.05) is 11.5 Å². The highest BCUT2D eigenvalue weighted by Gasteiger charge is 2.25. The molecule has 3 nitrogen and oxygen atoms in total. The molecular formula is C12H19N3S. The Kier molecular flexibility index (Phi) is 3.20. The van der Waals surface area contributed by atoms with Crippen molar-refractivity contribution in [2.45, 2.75) is 44.3 Å². The fraction of sp³-hybridized carbons (Fsp3) is 0.750. The molecule has 1 aromatic heterocycles. The maximum atomic E-state index is 4.26. The van der Waals surface area contributed by atoms with Gasteiger partial charge in [0.2, 0.25) is 0 Å². The van der Waals surface area contributed by atoms with Crippen LogP contribution in [0, 0.1) is 0 Å². The predicted molar refractivity (Wildman–Crippen MR) is 67.7 cm³/mol. The van der Waals surface area contributed by atoms with Crippen molar-refractivity contribution in [2.24, 2.45) is 0 Å². The lowest BCUT2D eigenvalue weighted by atomic mass is 10.2. The lowest BCUT2D eigenvalue weighted by Crippen LogP contribution is -2.33. The number of rotatable bonds is 4. The molecule has 2 fully saturated rings. The van der Waals surface area contributed by atoms with Crippen LogP contribution in [0.1, 0.15) is 37.4 Å². The summed E-state index contributed by atoms with van der Waals surface area (Å²) >= 11 is 2.08. The molecule has 2 heterocycles. The molecule has 1 aromatic rings. The van der Waals surface area contributed by atoms with Crippen LogP contribution in [0.25, 0.3) is 0 Å². The number of thioether (sulfide) groups is 1. The van der Waals surface area contributed by atoms with Crippen molar-refractivity contribution in [3.63, 3.8) is 0 Å². The quantitative estimate of drug-likeness (QED) is 0.870. The highest BCUT2D eigenvalue weighted by atomic mass is 32.2. The molecule has 4 heteroatoms. The van der Waals surface area contributed by atoms with E-state index in [0.29, 0.717) is 6.04 Å². The van der Waals surface area contributed by atoms with Crippen LogP contribution < -0.4 is 5.32 Å². The second-order valence-corrected chi connectivity index (χ2v) is 5.97. The van der Waals surface area contributed by atoms with Crippen molar-refractivity contribution < 1.29 is 0 Å². The van der Waals surface area contributed by atoms with E-state index in [4.69, 9.17) is 0 Å². The van der Waals surface area contributed by atoms with E-state index in [9.17, 15) is 0 Å². The van der Waals surface area contributed by atoms with Gasteiger partial charge in [-0.15, -0.1) is 0 Å². The number of nitrogens with one attached hydrogen (secondary N) is 1. The van der Waals surface area contributed by atoms with E-state index >= 15 is 0 Å². The molecule has 16 heavy (non-hydrogen) atoms. The Hall–Kier alpha value is -0.480. The van der Waals surface area contributed by atoms with Crippen LogP contribution in [0.4, 0.5) is 0 Å². The molecule has 0 spiro atoms. The van der Waals surface area contributed by atoms with Crippen molar-refractivity contribution in [3.05, 3.63) is 18.2 Å². The molecule has 0 amide bonds. The molecule has 1 aliphatic carbocycles. The molecule has 1 saturated carbocycles. The zero-order chi connectivity index (χ0) is 10.8. The highest BCUT2D eigenvalue weighted by Crippen LogP contribution is 2.35. The summed E-state index contributed by atoms with van der Waals surface area (Å²) < 4.78 is 2.35. The Balaban J connectivity index is 1.54. The Morgan fingerprint density at radius 1 is 1.44 bits per heavy atom. The molecule has 88 valence electrons. The third kappa shape index (κ3) is 2.43. The Bertz CT molecular complexity index is 340. The van der Waals surface area contributed by atoms with Crippen molar-refractivity contribution in [1.82, 2.24) is 14.9 Å². The van der Waals surface area contributed by atoms with E-state index in [1.807, 2.05) is 12.5 Å². The van der Waals surface area contributed by atoms with Gasteiger partial charge in [-0.1, -0.05) is 0 Å². The fourth-order valence-corrected chi connectivity index (χ4v) is 3.41. The number of hydrogen-bond acceptors (Lipinski definition) is 3. The van der Waals surface area contributed by atoms with E-state index in [1.54, 1.807) is 0 Å². The first-order chi connectivity index (χ1) is 7.93. The van der Waals surface area contributed by atoms with Gasteiger partial charge >= 0.3 is 0 Å². The Labute approximate surface area is 101 Å². The van der Waals surface area contributed by atoms with Gasteiger partial charge in [-0.05, 0) is 31.4 Å². The minimum Gasteiger partial charge on any atom is -0.330 e. The van der Waals surface area contributed by atoms with Gasteiger partial charge in [-0.2, -0.15) is 11.8 Å². The summed E-state index contributed by atoms with van der Waals surface area (Å²) in [7, 11) is 0. The summed E-state index contributed by atoms with van der Waals surface area (Å²) in [4.78, 5) is 4.26. The maximum Gasteiger partial charge on any atom is 0.0951 e. The van der Waals surface area contributed by atoms with Gasteiger partial charge in [-0.25, -0.2) is 4.98 Å². The molecule has 1 saturated heterocycles. The van der Waals surface area contributed by atoms with E-state index in [-0.39, 0.29) is 0 Å². The number of hydrogen-bond donors (Lipinski definition) is 1. The SMILES string of the molecule is c1ncn(C2CC2)c1CNC1CCCSC1. The van der Waals surface area contributed by atoms with E-state index in [2.05, 4.69) is 26.6 Å². The average molecular weight is 237 g/mol. The van der Waals surface area contributed by atoms with Gasteiger partial charge < -0.3 is 9.88 Å². The van der Waals surface area contributed by atoms with Crippen LogP contribution in [0.2, 0.25) is 0 Å². The number of aromatic nitrogens is 2. The monoisotopic (exact) mass is 237 g/mol. The van der Waals surface area contributed by atoms with E-state index < -0.39 is 0 Å². The lowest BCUT2D eigenvalue weighted by molar-refractivity contribution is 0.494. The zero-order valence-corrected chi connectivity index (χ0v) is 10.4. The lowest BCUT2D eigenvalue weighted by Gasteiger charge is -2.22. The second-order valence-electron chi connectivity index (χ2n) is 4.82. The number of nitrogens with zero attached hydrogens (tertiary/aromatic N) is 2. The second kappa shape index (κ2) is 4.80. The van der Waals surface area contributed by atoms with Gasteiger partial charge in [0.15, 0.2) is 0 Å². The molecule has 3 rings (SSSR count). The molecule has 0 bridgehead atoms. The zero-order valence-electron chi connectivity index (χ0n) is 9.56. The van der Waals surface area contributed by atoms with Gasteiger partial charge in [0.25, 0.3) is 0 Å². The van der Waals surface area contributed by atoms with Crippen LogP contribution in [0.15, 0.2) is 12.5 Å². The van der Waals surface area contributed by atoms with Crippen molar-refractivity contribution in [3.8, 4) is 0 Å². The minimum atomic E-state index is 0.710. The van der Waals surface area contributed by atoms with Gasteiger partial charge in [-0.3, -0.25) is 0 Å². The third-order valence-corrected chi connectivity index (χ3v) is 4.63. The molecule has 1 N–H and O–H groups in total. The largest absolute Gasteiger partial charge is 0.330 e. The molecule has 1 unspecified atom stereocenters. The molecule has 1 aliphatic heterocycles. The van der Waals surface area contributed by atoms with Crippen LogP contribution in [0.5, 0.6) is 0 Å². The molecule has 0 radical (unpaired) electrons. The normalized spacial score (nSPS) is 25.9. The third-order valence-electron chi connectivity index (χ3n) is 3.42. The summed E-state index contributed by atoms with van der Waals surface area (Å²) in [5, 5.41) is 3.67. The summed E-state index contributed by atoms with van der Waals surface area (Å²) in [6, 6.07) is 1.46. The maximum absolute atomic E-state index is 4.26. The average Bonchev–Trinajstić information content (AvgIpc) is 3.07. The van der Waals surface area contributed by atoms with Gasteiger partial charge in [0, 0.05) is 30.6 Å². The first-order valence-electron chi connectivity index (χ1n) is 6.25. The van der Waals surface area contributed by atoms with Crippen molar-refractivity contribution in [1.29, 1.82) is 0 Å². The standard InChI is InChI=1S/C12H19N3S/c1-2-10(8-16-5-1)14-7-12-6-13-9-15(12)11-3-4-11/h6,9-11,14H,1-5,7-8H2. The minimum absolute atomic E-state index is 0.710. The molecule has 2 aliphatic rings. The smallest absolute Gasteiger partial charge is 0.0951 e. The van der Waals surface area contributed by atoms with Crippen molar-refractivity contribution >= 4 is 11.8 Å². The molecular weight excluding hydrogens is 218 g/mol. The Morgan fingerprint density at radius 3 is 3.12 bits per heavy atom. The predicted octanol–water partition coefficient (Wildman–Crippen LogP) is 2.20. The first-order valence-corrected chi connectivity index (χ1v) is 7.41. The molecule has 0 aromatic carbocycles. The summed E-state index contributed by atoms with van der Waals surface area (Å²) in [5.41, 5.74) is 1.36. The van der Waals surface area contributed by atoms with Crippen LogP contribution in [0.3, 0.4) is 0 Å². The summed E-state index contributed by atoms with van der Waals surface area (Å²) in [6.07, 6.45) is 9.38. The molecule has 1 atom stereocenters. The van der Waals surface area contributed by atoms with E-state index in [0.717, 1.165) is 12.6 Å². The summed E-state index contributed by atoms with van der Waals surface area (Å²) in [6.45, 7) is 0.988. The first kappa shape index (κ1) is 10.7. The fourth-order valence-electron chi connectivity index (χ4n) is 2.30. The Morgan fingerprint density at radius 2 is 2.38 bits per heavy atom. The topological polar surface area (TPSA) is 29.9 Å². The van der Waals surface area contributed by atoms with Crippen LogP contribution in [-0.4, -0.2) is 27.1 Å². The highest BCUT2D eigenvalue weighted by molar-refractivity contribution is 7.99. The van der Waals surface area contributed by atoms with Crippen LogP contribution in [-0.2, 0) is 6.54 Å². The van der Waals surface area contributed by atoms with E-state index in [1.165, 1.54) is 42.9 Å².